The van der Waals surface area contributed by atoms with Gasteiger partial charge in [0.2, 0.25) is 5.91 Å². The van der Waals surface area contributed by atoms with Gasteiger partial charge in [-0.3, -0.25) is 9.48 Å². The highest BCUT2D eigenvalue weighted by Gasteiger charge is 2.16. The maximum Gasteiger partial charge on any atom is 0.252 e. The van der Waals surface area contributed by atoms with E-state index in [0.29, 0.717) is 18.1 Å². The Bertz CT molecular complexity index is 925. The molecule has 3 aromatic rings. The minimum absolute atomic E-state index is 0.0334. The number of amides is 1. The molecular weight excluding hydrogens is 318 g/mol. The van der Waals surface area contributed by atoms with Crippen molar-refractivity contribution in [2.75, 3.05) is 7.05 Å². The Morgan fingerprint density at radius 2 is 1.96 bits per heavy atom. The highest BCUT2D eigenvalue weighted by atomic mass is 16.2. The predicted octanol–water partition coefficient (Wildman–Crippen LogP) is 1.47. The molecule has 0 saturated heterocycles. The zero-order valence-electron chi connectivity index (χ0n) is 15.3. The molecule has 0 aliphatic carbocycles. The zero-order chi connectivity index (χ0) is 18.1. The molecule has 0 aliphatic heterocycles. The lowest BCUT2D eigenvalue weighted by Crippen LogP contribution is -2.28. The minimum Gasteiger partial charge on any atom is -0.341 e. The molecular formula is C17H23N7O. The summed E-state index contributed by atoms with van der Waals surface area (Å²) >= 11 is 0. The average molecular weight is 341 g/mol. The molecule has 3 aromatic heterocycles. The van der Waals surface area contributed by atoms with Crippen LogP contribution in [0.3, 0.4) is 0 Å². The third-order valence-corrected chi connectivity index (χ3v) is 4.18. The third-order valence-electron chi connectivity index (χ3n) is 4.18. The molecule has 8 heteroatoms. The second-order valence-electron chi connectivity index (χ2n) is 6.30. The van der Waals surface area contributed by atoms with Crippen LogP contribution < -0.4 is 0 Å². The van der Waals surface area contributed by atoms with E-state index in [1.54, 1.807) is 16.5 Å². The van der Waals surface area contributed by atoms with Crippen molar-refractivity contribution in [1.29, 1.82) is 0 Å². The van der Waals surface area contributed by atoms with Crippen LogP contribution in [0.4, 0.5) is 0 Å². The van der Waals surface area contributed by atoms with Gasteiger partial charge in [0.1, 0.15) is 0 Å². The maximum atomic E-state index is 12.5. The van der Waals surface area contributed by atoms with Crippen LogP contribution >= 0.6 is 0 Å². The van der Waals surface area contributed by atoms with Crippen LogP contribution in [0.2, 0.25) is 0 Å². The highest BCUT2D eigenvalue weighted by molar-refractivity contribution is 5.77. The van der Waals surface area contributed by atoms with Gasteiger partial charge in [-0.25, -0.2) is 9.50 Å². The number of aryl methyl sites for hydroxylation is 4. The molecule has 25 heavy (non-hydrogen) atoms. The summed E-state index contributed by atoms with van der Waals surface area (Å²) < 4.78 is 3.55. The predicted molar refractivity (Wildman–Crippen MR) is 93.1 cm³/mol. The summed E-state index contributed by atoms with van der Waals surface area (Å²) in [4.78, 5) is 22.9. The largest absolute Gasteiger partial charge is 0.341 e. The molecule has 0 saturated carbocycles. The first-order valence-corrected chi connectivity index (χ1v) is 8.34. The number of rotatable bonds is 5. The van der Waals surface area contributed by atoms with E-state index >= 15 is 0 Å². The van der Waals surface area contributed by atoms with E-state index in [9.17, 15) is 4.79 Å². The Morgan fingerprint density at radius 3 is 2.64 bits per heavy atom. The first-order valence-electron chi connectivity index (χ1n) is 8.34. The van der Waals surface area contributed by atoms with Crippen molar-refractivity contribution < 1.29 is 4.79 Å². The van der Waals surface area contributed by atoms with E-state index in [0.717, 1.165) is 29.2 Å². The van der Waals surface area contributed by atoms with E-state index in [4.69, 9.17) is 0 Å². The summed E-state index contributed by atoms with van der Waals surface area (Å²) in [6, 6.07) is 1.94. The molecule has 132 valence electrons. The molecule has 0 aromatic carbocycles. The summed E-state index contributed by atoms with van der Waals surface area (Å²) in [6.07, 6.45) is 2.14. The van der Waals surface area contributed by atoms with Crippen molar-refractivity contribution in [2.24, 2.45) is 0 Å². The lowest BCUT2D eigenvalue weighted by Gasteiger charge is -2.15. The molecule has 0 bridgehead atoms. The summed E-state index contributed by atoms with van der Waals surface area (Å²) in [5, 5.41) is 8.81. The number of carbonyl (C=O) groups is 1. The number of hydrogen-bond acceptors (Lipinski definition) is 5. The van der Waals surface area contributed by atoms with Gasteiger partial charge in [0.15, 0.2) is 5.82 Å². The molecule has 0 fully saturated rings. The number of fused-ring (bicyclic) bond motifs is 1. The molecule has 8 nitrogen and oxygen atoms in total. The van der Waals surface area contributed by atoms with Crippen molar-refractivity contribution in [1.82, 2.24) is 34.3 Å². The Hall–Kier alpha value is -2.77. The van der Waals surface area contributed by atoms with Gasteiger partial charge in [-0.1, -0.05) is 0 Å². The Balaban J connectivity index is 1.73. The number of likely N-dealkylation sites (N-methyl/N-ethyl adjacent to an activating group) is 1. The molecule has 0 N–H and O–H groups in total. The van der Waals surface area contributed by atoms with E-state index < -0.39 is 0 Å². The molecule has 3 rings (SSSR count). The van der Waals surface area contributed by atoms with Crippen molar-refractivity contribution in [2.45, 2.75) is 47.2 Å². The summed E-state index contributed by atoms with van der Waals surface area (Å²) in [5.41, 5.74) is 3.83. The van der Waals surface area contributed by atoms with Crippen molar-refractivity contribution in [3.8, 4) is 0 Å². The lowest BCUT2D eigenvalue weighted by molar-refractivity contribution is -0.129. The van der Waals surface area contributed by atoms with Gasteiger partial charge in [-0.05, 0) is 33.8 Å². The van der Waals surface area contributed by atoms with Gasteiger partial charge in [-0.15, -0.1) is 5.10 Å². The van der Waals surface area contributed by atoms with Gasteiger partial charge >= 0.3 is 0 Å². The topological polar surface area (TPSA) is 81.2 Å². The van der Waals surface area contributed by atoms with Crippen LogP contribution in [0.25, 0.3) is 5.78 Å². The Labute approximate surface area is 146 Å². The van der Waals surface area contributed by atoms with Gasteiger partial charge in [0.25, 0.3) is 5.78 Å². The highest BCUT2D eigenvalue weighted by Crippen LogP contribution is 2.10. The number of nitrogens with zero attached hydrogens (tertiary/aromatic N) is 7. The molecule has 0 radical (unpaired) electrons. The molecule has 0 atom stereocenters. The number of hydrogen-bond donors (Lipinski definition) is 0. The second-order valence-corrected chi connectivity index (χ2v) is 6.30. The SMILES string of the molecule is CCn1cc(CN(C)C(=O)Cc2nc3nc(C)cc(C)n3n2)c(C)n1. The van der Waals surface area contributed by atoms with Crippen LogP contribution in [-0.4, -0.2) is 47.2 Å². The Kier molecular flexibility index (Phi) is 4.52. The average Bonchev–Trinajstić information content (AvgIpc) is 3.10. The first-order chi connectivity index (χ1) is 11.9. The van der Waals surface area contributed by atoms with Crippen LogP contribution in [-0.2, 0) is 24.3 Å². The van der Waals surface area contributed by atoms with Crippen molar-refractivity contribution in [3.05, 3.63) is 40.7 Å². The fourth-order valence-corrected chi connectivity index (χ4v) is 2.77. The minimum atomic E-state index is -0.0334. The first kappa shape index (κ1) is 17.1. The van der Waals surface area contributed by atoms with Gasteiger partial charge in [0, 0.05) is 43.3 Å². The molecule has 0 spiro atoms. The van der Waals surface area contributed by atoms with E-state index in [1.165, 1.54) is 0 Å². The van der Waals surface area contributed by atoms with Crippen LogP contribution in [0.5, 0.6) is 0 Å². The zero-order valence-corrected chi connectivity index (χ0v) is 15.3. The third kappa shape index (κ3) is 3.52. The second kappa shape index (κ2) is 6.62. The van der Waals surface area contributed by atoms with Gasteiger partial charge in [0.05, 0.1) is 12.1 Å². The smallest absolute Gasteiger partial charge is 0.252 e. The maximum absolute atomic E-state index is 12.5. The number of aromatic nitrogens is 6. The Morgan fingerprint density at radius 1 is 1.20 bits per heavy atom. The summed E-state index contributed by atoms with van der Waals surface area (Å²) in [7, 11) is 1.79. The quantitative estimate of drug-likeness (QED) is 0.702. The summed E-state index contributed by atoms with van der Waals surface area (Å²) in [6.45, 7) is 9.20. The lowest BCUT2D eigenvalue weighted by atomic mass is 10.2. The van der Waals surface area contributed by atoms with Crippen LogP contribution in [0.15, 0.2) is 12.3 Å². The van der Waals surface area contributed by atoms with E-state index in [2.05, 4.69) is 20.2 Å². The van der Waals surface area contributed by atoms with E-state index in [-0.39, 0.29) is 12.3 Å². The molecule has 0 unspecified atom stereocenters. The standard InChI is InChI=1S/C17H23N7O/c1-6-23-10-14(13(4)20-23)9-22(5)16(25)8-15-19-17-18-11(2)7-12(3)24(17)21-15/h7,10H,6,8-9H2,1-5H3. The van der Waals surface area contributed by atoms with Crippen LogP contribution in [0, 0.1) is 20.8 Å². The molecule has 3 heterocycles. The fourth-order valence-electron chi connectivity index (χ4n) is 2.77. The fraction of sp³-hybridized carbons (Fsp3) is 0.471. The monoisotopic (exact) mass is 341 g/mol. The summed E-state index contributed by atoms with van der Waals surface area (Å²) in [5.74, 6) is 0.982. The van der Waals surface area contributed by atoms with Crippen LogP contribution in [0.1, 0.15) is 35.4 Å². The number of carbonyl (C=O) groups excluding carboxylic acids is 1. The van der Waals surface area contributed by atoms with Crippen molar-refractivity contribution >= 4 is 11.7 Å². The van der Waals surface area contributed by atoms with Gasteiger partial charge < -0.3 is 4.90 Å². The van der Waals surface area contributed by atoms with Crippen molar-refractivity contribution in [3.63, 3.8) is 0 Å². The molecule has 1 amide bonds. The van der Waals surface area contributed by atoms with Gasteiger partial charge in [-0.2, -0.15) is 10.1 Å². The molecule has 0 aliphatic rings. The normalized spacial score (nSPS) is 11.2. The van der Waals surface area contributed by atoms with E-state index in [1.807, 2.05) is 44.6 Å².